The van der Waals surface area contributed by atoms with Crippen molar-refractivity contribution in [3.05, 3.63) is 54.1 Å². The third kappa shape index (κ3) is 4.34. The van der Waals surface area contributed by atoms with Gasteiger partial charge in [-0.05, 0) is 61.0 Å². The number of aliphatic carboxylic acids is 1. The number of benzene rings is 2. The molecule has 0 bridgehead atoms. The van der Waals surface area contributed by atoms with Crippen molar-refractivity contribution in [3.8, 4) is 11.5 Å². The van der Waals surface area contributed by atoms with E-state index in [1.807, 2.05) is 36.4 Å². The first kappa shape index (κ1) is 15.6. The van der Waals surface area contributed by atoms with Crippen LogP contribution >= 0.6 is 0 Å². The molecule has 0 heterocycles. The molecular weight excluding hydrogens is 282 g/mol. The monoisotopic (exact) mass is 299 g/mol. The lowest BCUT2D eigenvalue weighted by Gasteiger charge is -2.09. The topological polar surface area (TPSA) is 68.1 Å². The van der Waals surface area contributed by atoms with E-state index in [1.165, 1.54) is 6.92 Å². The summed E-state index contributed by atoms with van der Waals surface area (Å²) in [6.07, 6.45) is 0.852. The second-order valence-electron chi connectivity index (χ2n) is 4.62. The first-order valence-electron chi connectivity index (χ1n) is 6.76. The minimum atomic E-state index is -0.995. The van der Waals surface area contributed by atoms with Crippen LogP contribution in [0, 0.1) is 0 Å². The summed E-state index contributed by atoms with van der Waals surface area (Å²) in [6, 6.07) is 14.5. The van der Waals surface area contributed by atoms with Gasteiger partial charge in [-0.1, -0.05) is 0 Å². The van der Waals surface area contributed by atoms with Crippen LogP contribution in [0.25, 0.3) is 0 Å². The number of ether oxygens (including phenoxy) is 2. The highest BCUT2D eigenvalue weighted by Gasteiger charge is 2.11. The molecule has 2 aromatic carbocycles. The molecule has 5 nitrogen and oxygen atoms in total. The SMILES string of the molecule is COc1ccc(N=Cc2ccc(O[C@@H](C)C(=O)O)cc2)cc1. The molecule has 0 amide bonds. The second kappa shape index (κ2) is 7.26. The van der Waals surface area contributed by atoms with Gasteiger partial charge in [-0.3, -0.25) is 4.99 Å². The molecule has 0 unspecified atom stereocenters. The number of rotatable bonds is 6. The Kier molecular flexibility index (Phi) is 5.14. The highest BCUT2D eigenvalue weighted by Crippen LogP contribution is 2.18. The number of carboxylic acid groups (broad SMARTS) is 1. The first-order chi connectivity index (χ1) is 10.6. The standard InChI is InChI=1S/C17H17NO4/c1-12(17(19)20)22-16-7-3-13(4-8-16)11-18-14-5-9-15(21-2)10-6-14/h3-12H,1-2H3,(H,19,20)/t12-/m0/s1. The zero-order chi connectivity index (χ0) is 15.9. The fourth-order valence-corrected chi connectivity index (χ4v) is 1.70. The van der Waals surface area contributed by atoms with E-state index in [-0.39, 0.29) is 0 Å². The second-order valence-corrected chi connectivity index (χ2v) is 4.62. The van der Waals surface area contributed by atoms with Crippen LogP contribution in [0.4, 0.5) is 5.69 Å². The maximum Gasteiger partial charge on any atom is 0.344 e. The Balaban J connectivity index is 2.00. The van der Waals surface area contributed by atoms with Crippen molar-refractivity contribution >= 4 is 17.9 Å². The van der Waals surface area contributed by atoms with Gasteiger partial charge >= 0.3 is 5.97 Å². The van der Waals surface area contributed by atoms with Gasteiger partial charge in [0.2, 0.25) is 0 Å². The molecule has 1 atom stereocenters. The van der Waals surface area contributed by atoms with Crippen molar-refractivity contribution < 1.29 is 19.4 Å². The summed E-state index contributed by atoms with van der Waals surface area (Å²) in [5.41, 5.74) is 1.71. The van der Waals surface area contributed by atoms with E-state index >= 15 is 0 Å². The summed E-state index contributed by atoms with van der Waals surface area (Å²) in [7, 11) is 1.62. The Bertz CT molecular complexity index is 647. The highest BCUT2D eigenvalue weighted by molar-refractivity contribution is 5.82. The van der Waals surface area contributed by atoms with Crippen molar-refractivity contribution in [2.75, 3.05) is 7.11 Å². The van der Waals surface area contributed by atoms with E-state index in [2.05, 4.69) is 4.99 Å². The van der Waals surface area contributed by atoms with Crippen LogP contribution in [0.1, 0.15) is 12.5 Å². The number of nitrogens with zero attached hydrogens (tertiary/aromatic N) is 1. The van der Waals surface area contributed by atoms with E-state index in [0.29, 0.717) is 5.75 Å². The van der Waals surface area contributed by atoms with Gasteiger partial charge in [0, 0.05) is 6.21 Å². The molecule has 0 aliphatic heterocycles. The molecule has 0 saturated carbocycles. The summed E-state index contributed by atoms with van der Waals surface area (Å²) in [5, 5.41) is 8.79. The smallest absolute Gasteiger partial charge is 0.344 e. The van der Waals surface area contributed by atoms with E-state index < -0.39 is 12.1 Å². The Morgan fingerprint density at radius 3 is 2.23 bits per heavy atom. The lowest BCUT2D eigenvalue weighted by atomic mass is 10.2. The van der Waals surface area contributed by atoms with Gasteiger partial charge in [0.15, 0.2) is 6.10 Å². The van der Waals surface area contributed by atoms with E-state index in [1.54, 1.807) is 25.5 Å². The first-order valence-corrected chi connectivity index (χ1v) is 6.76. The molecule has 0 aliphatic rings. The number of carboxylic acids is 1. The van der Waals surface area contributed by atoms with Gasteiger partial charge < -0.3 is 14.6 Å². The maximum absolute atomic E-state index is 10.7. The number of hydrogen-bond donors (Lipinski definition) is 1. The number of methoxy groups -OCH3 is 1. The molecule has 1 N–H and O–H groups in total. The zero-order valence-corrected chi connectivity index (χ0v) is 12.4. The van der Waals surface area contributed by atoms with Crippen LogP contribution in [-0.2, 0) is 4.79 Å². The van der Waals surface area contributed by atoms with Crippen molar-refractivity contribution in [3.63, 3.8) is 0 Å². The average Bonchev–Trinajstić information content (AvgIpc) is 2.54. The van der Waals surface area contributed by atoms with Crippen molar-refractivity contribution in [2.45, 2.75) is 13.0 Å². The fourth-order valence-electron chi connectivity index (χ4n) is 1.70. The zero-order valence-electron chi connectivity index (χ0n) is 12.4. The minimum Gasteiger partial charge on any atom is -0.497 e. The fraction of sp³-hybridized carbons (Fsp3) is 0.176. The van der Waals surface area contributed by atoms with Gasteiger partial charge in [0.1, 0.15) is 11.5 Å². The molecule has 2 rings (SSSR count). The normalized spacial score (nSPS) is 12.1. The van der Waals surface area contributed by atoms with Gasteiger partial charge in [-0.25, -0.2) is 4.79 Å². The summed E-state index contributed by atoms with van der Waals surface area (Å²) in [5.74, 6) is 0.301. The van der Waals surface area contributed by atoms with Gasteiger partial charge in [0.25, 0.3) is 0 Å². The molecular formula is C17H17NO4. The van der Waals surface area contributed by atoms with Crippen LogP contribution in [0.5, 0.6) is 11.5 Å². The quantitative estimate of drug-likeness (QED) is 0.831. The molecule has 0 spiro atoms. The summed E-state index contributed by atoms with van der Waals surface area (Å²) < 4.78 is 10.3. The Hall–Kier alpha value is -2.82. The lowest BCUT2D eigenvalue weighted by molar-refractivity contribution is -0.144. The van der Waals surface area contributed by atoms with E-state index in [4.69, 9.17) is 14.6 Å². The van der Waals surface area contributed by atoms with Crippen molar-refractivity contribution in [2.24, 2.45) is 4.99 Å². The maximum atomic E-state index is 10.7. The van der Waals surface area contributed by atoms with Crippen molar-refractivity contribution in [1.82, 2.24) is 0 Å². The van der Waals surface area contributed by atoms with Crippen LogP contribution < -0.4 is 9.47 Å². The molecule has 0 radical (unpaired) electrons. The van der Waals surface area contributed by atoms with Gasteiger partial charge in [-0.2, -0.15) is 0 Å². The summed E-state index contributed by atoms with van der Waals surface area (Å²) in [4.78, 5) is 15.1. The highest BCUT2D eigenvalue weighted by atomic mass is 16.5. The van der Waals surface area contributed by atoms with Crippen LogP contribution in [0.3, 0.4) is 0 Å². The Labute approximate surface area is 128 Å². The molecule has 0 fully saturated rings. The van der Waals surface area contributed by atoms with E-state index in [0.717, 1.165) is 17.0 Å². The van der Waals surface area contributed by atoms with Crippen LogP contribution in [0.15, 0.2) is 53.5 Å². The molecule has 0 aliphatic carbocycles. The summed E-state index contributed by atoms with van der Waals surface area (Å²) >= 11 is 0. The number of hydrogen-bond acceptors (Lipinski definition) is 4. The van der Waals surface area contributed by atoms with Gasteiger partial charge in [-0.15, -0.1) is 0 Å². The third-order valence-corrected chi connectivity index (χ3v) is 2.98. The molecule has 114 valence electrons. The largest absolute Gasteiger partial charge is 0.497 e. The minimum absolute atomic E-state index is 0.511. The van der Waals surface area contributed by atoms with Crippen LogP contribution in [-0.4, -0.2) is 30.5 Å². The number of aliphatic imine (C=N–C) groups is 1. The predicted molar refractivity (Wildman–Crippen MR) is 84.4 cm³/mol. The van der Waals surface area contributed by atoms with Gasteiger partial charge in [0.05, 0.1) is 12.8 Å². The Morgan fingerprint density at radius 1 is 1.09 bits per heavy atom. The molecule has 2 aromatic rings. The predicted octanol–water partition coefficient (Wildman–Crippen LogP) is 3.30. The molecule has 5 heteroatoms. The number of carbonyl (C=O) groups is 1. The lowest BCUT2D eigenvalue weighted by Crippen LogP contribution is -2.22. The molecule has 0 aromatic heterocycles. The third-order valence-electron chi connectivity index (χ3n) is 2.98. The van der Waals surface area contributed by atoms with Crippen LogP contribution in [0.2, 0.25) is 0 Å². The van der Waals surface area contributed by atoms with Crippen molar-refractivity contribution in [1.29, 1.82) is 0 Å². The Morgan fingerprint density at radius 2 is 1.68 bits per heavy atom. The molecule has 0 saturated heterocycles. The van der Waals surface area contributed by atoms with E-state index in [9.17, 15) is 4.79 Å². The molecule has 22 heavy (non-hydrogen) atoms. The summed E-state index contributed by atoms with van der Waals surface area (Å²) in [6.45, 7) is 1.49. The average molecular weight is 299 g/mol.